The molecule has 1 aliphatic rings. The predicted molar refractivity (Wildman–Crippen MR) is 137 cm³/mol. The monoisotopic (exact) mass is 459 g/mol. The maximum absolute atomic E-state index is 13.9. The van der Waals surface area contributed by atoms with Gasteiger partial charge in [0.05, 0.1) is 11.7 Å². The Hall–Kier alpha value is -2.98. The van der Waals surface area contributed by atoms with Crippen molar-refractivity contribution in [3.63, 3.8) is 0 Å². The van der Waals surface area contributed by atoms with Gasteiger partial charge in [-0.3, -0.25) is 4.79 Å². The number of rotatable bonds is 4. The Bertz CT molecular complexity index is 1210. The molecule has 34 heavy (non-hydrogen) atoms. The van der Waals surface area contributed by atoms with E-state index in [4.69, 9.17) is 4.74 Å². The first-order valence-electron chi connectivity index (χ1n) is 12.0. The fraction of sp³-hybridized carbons (Fsp3) is 0.367. The molecule has 4 heteroatoms. The lowest BCUT2D eigenvalue weighted by Crippen LogP contribution is -2.36. The van der Waals surface area contributed by atoms with E-state index in [2.05, 4.69) is 71.9 Å². The highest BCUT2D eigenvalue weighted by Gasteiger charge is 2.30. The van der Waals surface area contributed by atoms with E-state index in [0.717, 1.165) is 46.3 Å². The van der Waals surface area contributed by atoms with Crippen molar-refractivity contribution in [1.82, 2.24) is 0 Å². The number of anilines is 1. The van der Waals surface area contributed by atoms with Crippen LogP contribution >= 0.6 is 0 Å². The number of hydrogen-bond donors (Lipinski definition) is 0. The smallest absolute Gasteiger partial charge is 0.258 e. The zero-order valence-electron chi connectivity index (χ0n) is 21.0. The number of benzene rings is 3. The number of carbonyl (C=O) groups is 1. The second-order valence-electron chi connectivity index (χ2n) is 10.3. The van der Waals surface area contributed by atoms with Crippen LogP contribution in [0.2, 0.25) is 0 Å². The molecule has 1 amide bonds. The van der Waals surface area contributed by atoms with Gasteiger partial charge in [0.2, 0.25) is 0 Å². The van der Waals surface area contributed by atoms with E-state index in [1.807, 2.05) is 4.90 Å². The zero-order valence-corrected chi connectivity index (χ0v) is 21.0. The highest BCUT2D eigenvalue weighted by Crippen LogP contribution is 2.44. The molecule has 4 rings (SSSR count). The fourth-order valence-corrected chi connectivity index (χ4v) is 5.04. The lowest BCUT2D eigenvalue weighted by Gasteiger charge is -2.35. The summed E-state index contributed by atoms with van der Waals surface area (Å²) in [6.07, 6.45) is 1.61. The number of aryl methyl sites for hydroxylation is 2. The Morgan fingerprint density at radius 3 is 2.41 bits per heavy atom. The third-order valence-corrected chi connectivity index (χ3v) is 6.35. The largest absolute Gasteiger partial charge is 0.368 e. The summed E-state index contributed by atoms with van der Waals surface area (Å²) in [4.78, 5) is 15.3. The summed E-state index contributed by atoms with van der Waals surface area (Å²) < 4.78 is 20.3. The minimum absolute atomic E-state index is 0.115. The van der Waals surface area contributed by atoms with Gasteiger partial charge < -0.3 is 9.64 Å². The van der Waals surface area contributed by atoms with E-state index in [-0.39, 0.29) is 17.6 Å². The average Bonchev–Trinajstić information content (AvgIpc) is 2.76. The summed E-state index contributed by atoms with van der Waals surface area (Å²) >= 11 is 0. The summed E-state index contributed by atoms with van der Waals surface area (Å²) in [5, 5.41) is 0. The lowest BCUT2D eigenvalue weighted by molar-refractivity contribution is -0.0529. The molecule has 0 saturated carbocycles. The molecule has 0 bridgehead atoms. The fourth-order valence-electron chi connectivity index (χ4n) is 5.04. The third-order valence-electron chi connectivity index (χ3n) is 6.35. The van der Waals surface area contributed by atoms with Crippen LogP contribution in [0.3, 0.4) is 0 Å². The van der Waals surface area contributed by atoms with Crippen LogP contribution in [0, 0.1) is 19.7 Å². The van der Waals surface area contributed by atoms with Crippen LogP contribution in [0.5, 0.6) is 0 Å². The zero-order chi connectivity index (χ0) is 24.6. The van der Waals surface area contributed by atoms with Gasteiger partial charge in [-0.25, -0.2) is 4.39 Å². The number of carbonyl (C=O) groups excluding carboxylic acids is 1. The molecule has 3 nitrogen and oxygen atoms in total. The summed E-state index contributed by atoms with van der Waals surface area (Å²) in [6.45, 7) is 13.1. The molecule has 1 heterocycles. The minimum atomic E-state index is -0.400. The molecule has 3 aromatic carbocycles. The van der Waals surface area contributed by atoms with E-state index < -0.39 is 5.82 Å². The van der Waals surface area contributed by atoms with Gasteiger partial charge in [0, 0.05) is 17.8 Å². The van der Waals surface area contributed by atoms with Crippen molar-refractivity contribution < 1.29 is 13.9 Å². The van der Waals surface area contributed by atoms with Crippen LogP contribution in [0.4, 0.5) is 10.1 Å². The molecule has 0 spiro atoms. The number of ether oxygens (including phenoxy) is 1. The molecule has 0 aliphatic carbocycles. The van der Waals surface area contributed by atoms with Gasteiger partial charge in [0.1, 0.15) is 5.82 Å². The standard InChI is InChI=1S/C30H34FNO2/c1-19-12-14-22(15-13-19)28-25-11-8-16-32(29(33)23-9-7-10-24(31)18-23)26(25)17-20(2)27(28)21(3)34-30(4,5)6/h7,9-10,12-15,17-18,21H,8,11,16H2,1-6H3. The molecule has 0 N–H and O–H groups in total. The Morgan fingerprint density at radius 1 is 1.06 bits per heavy atom. The second-order valence-corrected chi connectivity index (χ2v) is 10.3. The van der Waals surface area contributed by atoms with Gasteiger partial charge in [-0.2, -0.15) is 0 Å². The maximum Gasteiger partial charge on any atom is 0.258 e. The molecule has 1 aliphatic heterocycles. The van der Waals surface area contributed by atoms with E-state index >= 15 is 0 Å². The Morgan fingerprint density at radius 2 is 1.76 bits per heavy atom. The van der Waals surface area contributed by atoms with Crippen molar-refractivity contribution in [3.8, 4) is 11.1 Å². The van der Waals surface area contributed by atoms with Crippen molar-refractivity contribution >= 4 is 11.6 Å². The first-order valence-corrected chi connectivity index (χ1v) is 12.0. The Kier molecular flexibility index (Phi) is 6.64. The normalized spacial score (nSPS) is 14.6. The maximum atomic E-state index is 13.9. The summed E-state index contributed by atoms with van der Waals surface area (Å²) in [7, 11) is 0. The van der Waals surface area contributed by atoms with Crippen molar-refractivity contribution in [3.05, 3.63) is 88.2 Å². The van der Waals surface area contributed by atoms with Crippen LogP contribution in [-0.4, -0.2) is 18.1 Å². The van der Waals surface area contributed by atoms with Gasteiger partial charge >= 0.3 is 0 Å². The molecule has 0 radical (unpaired) electrons. The van der Waals surface area contributed by atoms with Gasteiger partial charge in [-0.1, -0.05) is 35.9 Å². The number of amides is 1. The van der Waals surface area contributed by atoms with Crippen molar-refractivity contribution in [2.45, 2.75) is 66.1 Å². The highest BCUT2D eigenvalue weighted by atomic mass is 19.1. The van der Waals surface area contributed by atoms with Crippen molar-refractivity contribution in [1.29, 1.82) is 0 Å². The quantitative estimate of drug-likeness (QED) is 0.402. The molecular formula is C30H34FNO2. The number of nitrogens with zero attached hydrogens (tertiary/aromatic N) is 1. The molecule has 3 aromatic rings. The van der Waals surface area contributed by atoms with Gasteiger partial charge in [0.25, 0.3) is 5.91 Å². The van der Waals surface area contributed by atoms with Gasteiger partial charge in [0.15, 0.2) is 0 Å². The molecule has 1 unspecified atom stereocenters. The molecule has 0 saturated heterocycles. The SMILES string of the molecule is Cc1ccc(-c2c3c(cc(C)c2C(C)OC(C)(C)C)N(C(=O)c2cccc(F)c2)CCC3)cc1. The van der Waals surface area contributed by atoms with Gasteiger partial charge in [-0.15, -0.1) is 0 Å². The molecule has 0 fully saturated rings. The van der Waals surface area contributed by atoms with Crippen molar-refractivity contribution in [2.24, 2.45) is 0 Å². The number of fused-ring (bicyclic) bond motifs is 1. The summed E-state index contributed by atoms with van der Waals surface area (Å²) in [6, 6.07) is 16.6. The van der Waals surface area contributed by atoms with Crippen molar-refractivity contribution in [2.75, 3.05) is 11.4 Å². The first-order chi connectivity index (χ1) is 16.0. The Balaban J connectivity index is 1.90. The average molecular weight is 460 g/mol. The van der Waals surface area contributed by atoms with Crippen LogP contribution in [0.1, 0.15) is 72.8 Å². The molecular weight excluding hydrogens is 425 g/mol. The second kappa shape index (κ2) is 9.34. The van der Waals surface area contributed by atoms with Crippen LogP contribution in [0.25, 0.3) is 11.1 Å². The minimum Gasteiger partial charge on any atom is -0.368 e. The van der Waals surface area contributed by atoms with E-state index in [1.165, 1.54) is 17.7 Å². The van der Waals surface area contributed by atoms with E-state index in [0.29, 0.717) is 12.1 Å². The van der Waals surface area contributed by atoms with E-state index in [1.54, 1.807) is 12.1 Å². The summed E-state index contributed by atoms with van der Waals surface area (Å²) in [5.41, 5.74) is 7.90. The molecule has 0 aromatic heterocycles. The Labute approximate surface area is 202 Å². The van der Waals surface area contributed by atoms with Gasteiger partial charge in [-0.05, 0) is 106 Å². The van der Waals surface area contributed by atoms with E-state index in [9.17, 15) is 9.18 Å². The highest BCUT2D eigenvalue weighted by molar-refractivity contribution is 6.07. The lowest BCUT2D eigenvalue weighted by atomic mass is 9.83. The topological polar surface area (TPSA) is 29.5 Å². The molecule has 1 atom stereocenters. The van der Waals surface area contributed by atoms with Crippen LogP contribution in [-0.2, 0) is 11.2 Å². The van der Waals surface area contributed by atoms with Crippen LogP contribution < -0.4 is 4.90 Å². The van der Waals surface area contributed by atoms with Crippen LogP contribution in [0.15, 0.2) is 54.6 Å². The predicted octanol–water partition coefficient (Wildman–Crippen LogP) is 7.58. The first kappa shape index (κ1) is 24.2. The number of halogens is 1. The third kappa shape index (κ3) is 4.92. The number of hydrogen-bond acceptors (Lipinski definition) is 2. The summed E-state index contributed by atoms with van der Waals surface area (Å²) in [5.74, 6) is -0.565. The molecule has 178 valence electrons.